The monoisotopic (exact) mass is 234 g/mol. The van der Waals surface area contributed by atoms with Crippen LogP contribution in [0.15, 0.2) is 28.9 Å². The second-order valence-corrected chi connectivity index (χ2v) is 3.86. The lowest BCUT2D eigenvalue weighted by atomic mass is 10.2. The average molecular weight is 234 g/mol. The van der Waals surface area contributed by atoms with E-state index >= 15 is 0 Å². The zero-order chi connectivity index (χ0) is 12.3. The molecule has 0 aromatic carbocycles. The van der Waals surface area contributed by atoms with Crippen LogP contribution in [0.5, 0.6) is 0 Å². The normalized spacial score (nSPS) is 20.0. The van der Waals surface area contributed by atoms with Crippen molar-refractivity contribution in [2.24, 2.45) is 0 Å². The van der Waals surface area contributed by atoms with Crippen molar-refractivity contribution in [1.82, 2.24) is 4.90 Å². The first kappa shape index (κ1) is 11.4. The molecule has 0 bridgehead atoms. The fourth-order valence-electron chi connectivity index (χ4n) is 1.91. The number of furan rings is 1. The Hall–Kier alpha value is -2.04. The van der Waals surface area contributed by atoms with Gasteiger partial charge in [-0.15, -0.1) is 0 Å². The van der Waals surface area contributed by atoms with Crippen LogP contribution >= 0.6 is 0 Å². The third kappa shape index (κ3) is 2.55. The lowest BCUT2D eigenvalue weighted by Crippen LogP contribution is -2.46. The van der Waals surface area contributed by atoms with E-state index in [1.807, 2.05) is 0 Å². The molecule has 5 heteroatoms. The molecule has 1 aromatic rings. The number of carbonyl (C=O) groups is 2. The summed E-state index contributed by atoms with van der Waals surface area (Å²) in [5.74, 6) is -0.960. The fourth-order valence-corrected chi connectivity index (χ4v) is 1.91. The Morgan fingerprint density at radius 1 is 1.53 bits per heavy atom. The van der Waals surface area contributed by atoms with Gasteiger partial charge in [0.25, 0.3) is 0 Å². The van der Waals surface area contributed by atoms with Gasteiger partial charge in [0.05, 0.1) is 18.3 Å². The van der Waals surface area contributed by atoms with Crippen LogP contribution in [0.4, 0.5) is 0 Å². The van der Waals surface area contributed by atoms with Gasteiger partial charge in [0.15, 0.2) is 0 Å². The Morgan fingerprint density at radius 2 is 2.35 bits per heavy atom. The number of hydrogen-bond acceptors (Lipinski definition) is 4. The van der Waals surface area contributed by atoms with Gasteiger partial charge in [-0.2, -0.15) is 0 Å². The van der Waals surface area contributed by atoms with Crippen LogP contribution in [-0.2, 0) is 9.59 Å². The number of hydrogen-bond donors (Lipinski definition) is 0. The second kappa shape index (κ2) is 4.86. The summed E-state index contributed by atoms with van der Waals surface area (Å²) in [5, 5.41) is 10.8. The van der Waals surface area contributed by atoms with Crippen molar-refractivity contribution >= 4 is 18.0 Å². The quantitative estimate of drug-likeness (QED) is 0.692. The number of likely N-dealkylation sites (tertiary alicyclic amines) is 1. The number of nitrogens with zero attached hydrogens (tertiary/aromatic N) is 1. The van der Waals surface area contributed by atoms with Gasteiger partial charge in [0, 0.05) is 12.6 Å². The van der Waals surface area contributed by atoms with E-state index in [4.69, 9.17) is 4.42 Å². The predicted octanol–water partition coefficient (Wildman–Crippen LogP) is 0.0337. The van der Waals surface area contributed by atoms with E-state index in [0.29, 0.717) is 25.1 Å². The largest absolute Gasteiger partial charge is 0.548 e. The summed E-state index contributed by atoms with van der Waals surface area (Å²) in [5.41, 5.74) is 0. The highest BCUT2D eigenvalue weighted by Crippen LogP contribution is 2.17. The minimum absolute atomic E-state index is 0.326. The summed E-state index contributed by atoms with van der Waals surface area (Å²) in [4.78, 5) is 23.9. The molecule has 5 nitrogen and oxygen atoms in total. The Labute approximate surface area is 98.3 Å². The van der Waals surface area contributed by atoms with Gasteiger partial charge in [0.2, 0.25) is 5.91 Å². The lowest BCUT2D eigenvalue weighted by molar-refractivity contribution is -0.310. The van der Waals surface area contributed by atoms with Gasteiger partial charge in [0.1, 0.15) is 5.76 Å². The molecule has 0 N–H and O–H groups in total. The van der Waals surface area contributed by atoms with Crippen LogP contribution in [0.1, 0.15) is 18.6 Å². The highest BCUT2D eigenvalue weighted by Gasteiger charge is 2.28. The highest BCUT2D eigenvalue weighted by atomic mass is 16.4. The van der Waals surface area contributed by atoms with E-state index in [9.17, 15) is 14.7 Å². The maximum Gasteiger partial charge on any atom is 0.247 e. The molecule has 1 aliphatic rings. The van der Waals surface area contributed by atoms with Crippen LogP contribution < -0.4 is 5.11 Å². The van der Waals surface area contributed by atoms with Gasteiger partial charge in [-0.3, -0.25) is 4.79 Å². The Kier molecular flexibility index (Phi) is 3.27. The minimum Gasteiger partial charge on any atom is -0.548 e. The maximum atomic E-state index is 11.8. The molecule has 1 saturated heterocycles. The Bertz CT molecular complexity index is 435. The maximum absolute atomic E-state index is 11.8. The molecule has 1 fully saturated rings. The summed E-state index contributed by atoms with van der Waals surface area (Å²) in [6.07, 6.45) is 5.50. The SMILES string of the molecule is O=C([O-])[C@@H]1CCCN1C(=O)/C=C/c1ccco1. The zero-order valence-electron chi connectivity index (χ0n) is 9.17. The van der Waals surface area contributed by atoms with E-state index in [-0.39, 0.29) is 5.91 Å². The molecule has 1 aromatic heterocycles. The molecular formula is C12H12NO4-. The van der Waals surface area contributed by atoms with E-state index in [1.165, 1.54) is 23.3 Å². The topological polar surface area (TPSA) is 73.6 Å². The van der Waals surface area contributed by atoms with Crippen LogP contribution in [0.2, 0.25) is 0 Å². The lowest BCUT2D eigenvalue weighted by Gasteiger charge is -2.23. The van der Waals surface area contributed by atoms with Gasteiger partial charge in [-0.25, -0.2) is 0 Å². The molecule has 0 aliphatic carbocycles. The van der Waals surface area contributed by atoms with Crippen molar-refractivity contribution in [2.45, 2.75) is 18.9 Å². The van der Waals surface area contributed by atoms with Gasteiger partial charge in [-0.1, -0.05) is 0 Å². The first-order valence-electron chi connectivity index (χ1n) is 5.41. The first-order chi connectivity index (χ1) is 8.18. The van der Waals surface area contributed by atoms with Crippen molar-refractivity contribution in [3.63, 3.8) is 0 Å². The number of carboxylic acid groups (broad SMARTS) is 1. The number of amides is 1. The molecule has 1 amide bonds. The number of aliphatic carboxylic acids is 1. The van der Waals surface area contributed by atoms with Crippen LogP contribution in [0, 0.1) is 0 Å². The molecule has 1 aliphatic heterocycles. The third-order valence-electron chi connectivity index (χ3n) is 2.74. The summed E-state index contributed by atoms with van der Waals surface area (Å²) in [6.45, 7) is 0.458. The number of carboxylic acids is 1. The second-order valence-electron chi connectivity index (χ2n) is 3.86. The molecule has 0 spiro atoms. The van der Waals surface area contributed by atoms with Crippen molar-refractivity contribution in [3.8, 4) is 0 Å². The van der Waals surface area contributed by atoms with Gasteiger partial charge < -0.3 is 19.2 Å². The molecule has 0 unspecified atom stereocenters. The summed E-state index contributed by atoms with van der Waals surface area (Å²) in [7, 11) is 0. The third-order valence-corrected chi connectivity index (χ3v) is 2.74. The molecule has 0 radical (unpaired) electrons. The Morgan fingerprint density at radius 3 is 3.00 bits per heavy atom. The van der Waals surface area contributed by atoms with E-state index in [2.05, 4.69) is 0 Å². The van der Waals surface area contributed by atoms with Crippen LogP contribution in [-0.4, -0.2) is 29.4 Å². The summed E-state index contributed by atoms with van der Waals surface area (Å²) >= 11 is 0. The van der Waals surface area contributed by atoms with Crippen molar-refractivity contribution in [3.05, 3.63) is 30.2 Å². The first-order valence-corrected chi connectivity index (χ1v) is 5.41. The standard InChI is InChI=1S/C12H13NO4/c14-11(6-5-9-3-2-8-17-9)13-7-1-4-10(13)12(15)16/h2-3,5-6,8,10H,1,4,7H2,(H,15,16)/p-1/b6-5+/t10-/m0/s1. The predicted molar refractivity (Wildman–Crippen MR) is 57.5 cm³/mol. The molecule has 1 atom stereocenters. The smallest absolute Gasteiger partial charge is 0.247 e. The molecule has 17 heavy (non-hydrogen) atoms. The number of rotatable bonds is 3. The zero-order valence-corrected chi connectivity index (χ0v) is 9.17. The summed E-state index contributed by atoms with van der Waals surface area (Å²) < 4.78 is 5.03. The van der Waals surface area contributed by atoms with Crippen molar-refractivity contribution < 1.29 is 19.1 Å². The molecule has 2 heterocycles. The van der Waals surface area contributed by atoms with Gasteiger partial charge in [-0.05, 0) is 31.1 Å². The highest BCUT2D eigenvalue weighted by molar-refractivity contribution is 5.94. The molecule has 2 rings (SSSR count). The van der Waals surface area contributed by atoms with Crippen molar-refractivity contribution in [2.75, 3.05) is 6.54 Å². The summed E-state index contributed by atoms with van der Waals surface area (Å²) in [6, 6.07) is 2.62. The van der Waals surface area contributed by atoms with Gasteiger partial charge >= 0.3 is 0 Å². The van der Waals surface area contributed by atoms with Crippen molar-refractivity contribution in [1.29, 1.82) is 0 Å². The molecule has 90 valence electrons. The molecular weight excluding hydrogens is 222 g/mol. The number of carbonyl (C=O) groups excluding carboxylic acids is 2. The van der Waals surface area contributed by atoms with E-state index in [1.54, 1.807) is 12.1 Å². The minimum atomic E-state index is -1.19. The van der Waals surface area contributed by atoms with Crippen LogP contribution in [0.25, 0.3) is 6.08 Å². The average Bonchev–Trinajstić information content (AvgIpc) is 2.96. The fraction of sp³-hybridized carbons (Fsp3) is 0.333. The molecule has 0 saturated carbocycles. The van der Waals surface area contributed by atoms with E-state index < -0.39 is 12.0 Å². The Balaban J connectivity index is 2.02. The van der Waals surface area contributed by atoms with Crippen LogP contribution in [0.3, 0.4) is 0 Å². The van der Waals surface area contributed by atoms with E-state index in [0.717, 1.165) is 0 Å².